The molecule has 0 aliphatic rings. The highest BCUT2D eigenvalue weighted by Crippen LogP contribution is 2.25. The fourth-order valence-electron chi connectivity index (χ4n) is 2.53. The number of carbonyl (C=O) groups is 2. The Kier molecular flexibility index (Phi) is 8.76. The van der Waals surface area contributed by atoms with Gasteiger partial charge in [-0.15, -0.1) is 12.4 Å². The van der Waals surface area contributed by atoms with E-state index in [1.165, 1.54) is 0 Å². The van der Waals surface area contributed by atoms with Crippen LogP contribution in [-0.4, -0.2) is 17.9 Å². The number of rotatable bonds is 6. The normalized spacial score (nSPS) is 12.7. The highest BCUT2D eigenvalue weighted by molar-refractivity contribution is 6.31. The smallest absolute Gasteiger partial charge is 0.253 e. The van der Waals surface area contributed by atoms with Gasteiger partial charge in [0.1, 0.15) is 0 Å². The second kappa shape index (κ2) is 10.3. The molecule has 0 bridgehead atoms. The summed E-state index contributed by atoms with van der Waals surface area (Å²) >= 11 is 6.04. The number of amides is 2. The van der Waals surface area contributed by atoms with Crippen LogP contribution in [0.3, 0.4) is 0 Å². The number of nitrogens with two attached hydrogens (primary N) is 1. The Bertz CT molecular complexity index is 782. The minimum Gasteiger partial charge on any atom is -0.350 e. The van der Waals surface area contributed by atoms with Gasteiger partial charge < -0.3 is 16.4 Å². The lowest BCUT2D eigenvalue weighted by Gasteiger charge is -2.21. The number of hydrogen-bond acceptors (Lipinski definition) is 3. The van der Waals surface area contributed by atoms with Crippen molar-refractivity contribution in [3.05, 3.63) is 64.7 Å². The Morgan fingerprint density at radius 1 is 1.04 bits per heavy atom. The third kappa shape index (κ3) is 6.24. The summed E-state index contributed by atoms with van der Waals surface area (Å²) in [4.78, 5) is 25.0. The van der Waals surface area contributed by atoms with Gasteiger partial charge in [0, 0.05) is 17.1 Å². The molecule has 2 atom stereocenters. The third-order valence-electron chi connectivity index (χ3n) is 4.04. The van der Waals surface area contributed by atoms with Crippen molar-refractivity contribution in [2.75, 3.05) is 5.32 Å². The van der Waals surface area contributed by atoms with Gasteiger partial charge in [-0.1, -0.05) is 48.9 Å². The van der Waals surface area contributed by atoms with E-state index in [-0.39, 0.29) is 30.3 Å². The summed E-state index contributed by atoms with van der Waals surface area (Å²) in [6, 6.07) is 13.7. The van der Waals surface area contributed by atoms with Crippen LogP contribution >= 0.6 is 24.0 Å². The molecule has 146 valence electrons. The van der Waals surface area contributed by atoms with Gasteiger partial charge in [0.25, 0.3) is 5.91 Å². The van der Waals surface area contributed by atoms with Crippen LogP contribution in [0.2, 0.25) is 5.02 Å². The van der Waals surface area contributed by atoms with E-state index in [2.05, 4.69) is 10.6 Å². The number of hydrogen-bond donors (Lipinski definition) is 3. The fourth-order valence-corrected chi connectivity index (χ4v) is 2.70. The molecule has 2 rings (SSSR count). The summed E-state index contributed by atoms with van der Waals surface area (Å²) in [7, 11) is 0. The average molecular weight is 410 g/mol. The summed E-state index contributed by atoms with van der Waals surface area (Å²) < 4.78 is 0. The Morgan fingerprint density at radius 2 is 1.67 bits per heavy atom. The lowest BCUT2D eigenvalue weighted by molar-refractivity contribution is -0.120. The topological polar surface area (TPSA) is 84.2 Å². The van der Waals surface area contributed by atoms with E-state index in [0.29, 0.717) is 16.3 Å². The van der Waals surface area contributed by atoms with Gasteiger partial charge in [0.05, 0.1) is 17.2 Å². The Balaban J connectivity index is 0.00000364. The van der Waals surface area contributed by atoms with E-state index in [1.54, 1.807) is 25.1 Å². The van der Waals surface area contributed by atoms with Gasteiger partial charge in [-0.25, -0.2) is 0 Å². The van der Waals surface area contributed by atoms with Crippen molar-refractivity contribution in [3.63, 3.8) is 0 Å². The molecular formula is C20H25Cl2N3O2. The summed E-state index contributed by atoms with van der Waals surface area (Å²) in [6.45, 7) is 5.49. The Morgan fingerprint density at radius 3 is 2.26 bits per heavy atom. The summed E-state index contributed by atoms with van der Waals surface area (Å²) in [5, 5.41) is 6.04. The molecule has 5 nitrogen and oxygen atoms in total. The molecule has 2 unspecified atom stereocenters. The molecule has 0 saturated carbocycles. The third-order valence-corrected chi connectivity index (χ3v) is 4.28. The van der Waals surface area contributed by atoms with Gasteiger partial charge in [-0.3, -0.25) is 9.59 Å². The zero-order chi connectivity index (χ0) is 19.3. The highest BCUT2D eigenvalue weighted by atomic mass is 35.5. The van der Waals surface area contributed by atoms with Crippen LogP contribution < -0.4 is 16.4 Å². The van der Waals surface area contributed by atoms with Crippen LogP contribution in [-0.2, 0) is 4.79 Å². The monoisotopic (exact) mass is 409 g/mol. The first kappa shape index (κ1) is 23.0. The van der Waals surface area contributed by atoms with E-state index in [0.717, 1.165) is 5.56 Å². The standard InChI is InChI=1S/C20H24ClN3O2.ClH/c1-12(2)23-20(26)16-10-9-15(21)11-17(16)24-19(25)13(3)18(22)14-7-5-4-6-8-14;/h4-13,18H,22H2,1-3H3,(H,23,26)(H,24,25);1H. The number of halogens is 2. The molecule has 7 heteroatoms. The molecule has 0 saturated heterocycles. The van der Waals surface area contributed by atoms with Crippen molar-refractivity contribution in [1.29, 1.82) is 0 Å². The second-order valence-corrected chi connectivity index (χ2v) is 6.97. The largest absolute Gasteiger partial charge is 0.350 e. The van der Waals surface area contributed by atoms with E-state index >= 15 is 0 Å². The minimum atomic E-state index is -0.489. The highest BCUT2D eigenvalue weighted by Gasteiger charge is 2.24. The van der Waals surface area contributed by atoms with Crippen molar-refractivity contribution in [2.45, 2.75) is 32.9 Å². The maximum Gasteiger partial charge on any atom is 0.253 e. The summed E-state index contributed by atoms with van der Waals surface area (Å²) in [6.07, 6.45) is 0. The molecule has 0 aliphatic heterocycles. The maximum atomic E-state index is 12.7. The zero-order valence-corrected chi connectivity index (χ0v) is 17.1. The molecule has 0 aromatic heterocycles. The molecule has 0 heterocycles. The minimum absolute atomic E-state index is 0. The van der Waals surface area contributed by atoms with Crippen molar-refractivity contribution >= 4 is 41.5 Å². The van der Waals surface area contributed by atoms with Gasteiger partial charge in [0.15, 0.2) is 0 Å². The molecule has 0 radical (unpaired) electrons. The average Bonchev–Trinajstić information content (AvgIpc) is 2.60. The van der Waals surface area contributed by atoms with Crippen LogP contribution in [0.4, 0.5) is 5.69 Å². The van der Waals surface area contributed by atoms with Crippen LogP contribution in [0, 0.1) is 5.92 Å². The quantitative estimate of drug-likeness (QED) is 0.668. The zero-order valence-electron chi connectivity index (χ0n) is 15.5. The van der Waals surface area contributed by atoms with Gasteiger partial charge in [-0.05, 0) is 37.6 Å². The second-order valence-electron chi connectivity index (χ2n) is 6.53. The first-order chi connectivity index (χ1) is 12.3. The van der Waals surface area contributed by atoms with E-state index < -0.39 is 12.0 Å². The summed E-state index contributed by atoms with van der Waals surface area (Å²) in [5.41, 5.74) is 7.82. The lowest BCUT2D eigenvalue weighted by Crippen LogP contribution is -2.33. The van der Waals surface area contributed by atoms with E-state index in [9.17, 15) is 9.59 Å². The number of benzene rings is 2. The molecule has 4 N–H and O–H groups in total. The maximum absolute atomic E-state index is 12.7. The molecule has 0 fully saturated rings. The molecule has 2 amide bonds. The van der Waals surface area contributed by atoms with Crippen molar-refractivity contribution in [2.24, 2.45) is 11.7 Å². The van der Waals surface area contributed by atoms with Crippen LogP contribution in [0.1, 0.15) is 42.7 Å². The van der Waals surface area contributed by atoms with Gasteiger partial charge >= 0.3 is 0 Å². The SMILES string of the molecule is CC(C)NC(=O)c1ccc(Cl)cc1NC(=O)C(C)C(N)c1ccccc1.Cl. The Labute approximate surface area is 171 Å². The number of anilines is 1. The van der Waals surface area contributed by atoms with Crippen LogP contribution in [0.25, 0.3) is 0 Å². The van der Waals surface area contributed by atoms with Gasteiger partial charge in [-0.2, -0.15) is 0 Å². The first-order valence-corrected chi connectivity index (χ1v) is 8.89. The number of carbonyl (C=O) groups excluding carboxylic acids is 2. The summed E-state index contributed by atoms with van der Waals surface area (Å²) in [5.74, 6) is -1.04. The first-order valence-electron chi connectivity index (χ1n) is 8.51. The van der Waals surface area contributed by atoms with E-state index in [1.807, 2.05) is 44.2 Å². The molecular weight excluding hydrogens is 385 g/mol. The molecule has 0 spiro atoms. The van der Waals surface area contributed by atoms with Crippen LogP contribution in [0.5, 0.6) is 0 Å². The fraction of sp³-hybridized carbons (Fsp3) is 0.300. The predicted molar refractivity (Wildman–Crippen MR) is 112 cm³/mol. The van der Waals surface area contributed by atoms with Crippen LogP contribution in [0.15, 0.2) is 48.5 Å². The number of nitrogens with one attached hydrogen (secondary N) is 2. The molecule has 2 aromatic carbocycles. The Hall–Kier alpha value is -2.08. The molecule has 2 aromatic rings. The van der Waals surface area contributed by atoms with Gasteiger partial charge in [0.2, 0.25) is 5.91 Å². The predicted octanol–water partition coefficient (Wildman–Crippen LogP) is 4.17. The lowest BCUT2D eigenvalue weighted by atomic mass is 9.94. The van der Waals surface area contributed by atoms with Crippen molar-refractivity contribution in [1.82, 2.24) is 5.32 Å². The molecule has 0 aliphatic carbocycles. The van der Waals surface area contributed by atoms with Crippen molar-refractivity contribution < 1.29 is 9.59 Å². The molecule has 27 heavy (non-hydrogen) atoms. The van der Waals surface area contributed by atoms with Crippen molar-refractivity contribution in [3.8, 4) is 0 Å². The van der Waals surface area contributed by atoms with E-state index in [4.69, 9.17) is 17.3 Å².